The van der Waals surface area contributed by atoms with Gasteiger partial charge in [-0.05, 0) is 22.4 Å². The summed E-state index contributed by atoms with van der Waals surface area (Å²) in [6, 6.07) is 0. The molecule has 0 fully saturated rings. The summed E-state index contributed by atoms with van der Waals surface area (Å²) in [6.45, 7) is 1.93. The summed E-state index contributed by atoms with van der Waals surface area (Å²) in [5.41, 5.74) is -0.0289. The van der Waals surface area contributed by atoms with Crippen LogP contribution in [0.5, 0.6) is 0 Å². The number of alkyl halides is 2. The number of hydrogen-bond acceptors (Lipinski definition) is 3. The van der Waals surface area contributed by atoms with Gasteiger partial charge in [0.25, 0.3) is 12.0 Å². The van der Waals surface area contributed by atoms with Crippen LogP contribution in [0.2, 0.25) is 0 Å². The monoisotopic (exact) mass is 295 g/mol. The third-order valence-corrected chi connectivity index (χ3v) is 2.63. The lowest BCUT2D eigenvalue weighted by atomic mass is 10.4. The molecule has 90 valence electrons. The molecule has 0 saturated heterocycles. The van der Waals surface area contributed by atoms with E-state index >= 15 is 0 Å². The zero-order valence-electron chi connectivity index (χ0n) is 8.71. The molecule has 0 spiro atoms. The highest BCUT2D eigenvalue weighted by molar-refractivity contribution is 9.10. The van der Waals surface area contributed by atoms with Gasteiger partial charge in [-0.3, -0.25) is 4.79 Å². The van der Waals surface area contributed by atoms with Gasteiger partial charge >= 0.3 is 0 Å². The Morgan fingerprint density at radius 1 is 1.62 bits per heavy atom. The predicted molar refractivity (Wildman–Crippen MR) is 61.0 cm³/mol. The van der Waals surface area contributed by atoms with Gasteiger partial charge in [-0.25, -0.2) is 13.5 Å². The van der Waals surface area contributed by atoms with E-state index in [1.807, 2.05) is 6.92 Å². The molecule has 1 N–H and O–H groups in total. The highest BCUT2D eigenvalue weighted by atomic mass is 79.9. The van der Waals surface area contributed by atoms with Crippen molar-refractivity contribution >= 4 is 21.6 Å². The van der Waals surface area contributed by atoms with Crippen LogP contribution in [0.4, 0.5) is 14.5 Å². The Labute approximate surface area is 99.8 Å². The molecule has 7 heteroatoms. The molecule has 0 aliphatic heterocycles. The molecule has 1 heterocycles. The van der Waals surface area contributed by atoms with Gasteiger partial charge in [0.2, 0.25) is 0 Å². The Balaban J connectivity index is 2.89. The molecule has 4 nitrogen and oxygen atoms in total. The molecule has 0 amide bonds. The summed E-state index contributed by atoms with van der Waals surface area (Å²) < 4.78 is 25.5. The Morgan fingerprint density at radius 2 is 2.31 bits per heavy atom. The van der Waals surface area contributed by atoms with Crippen LogP contribution in [0.3, 0.4) is 0 Å². The zero-order chi connectivity index (χ0) is 12.1. The Morgan fingerprint density at radius 3 is 2.88 bits per heavy atom. The van der Waals surface area contributed by atoms with Crippen LogP contribution in [0.25, 0.3) is 0 Å². The molecule has 0 aliphatic rings. The molecule has 0 radical (unpaired) electrons. The maximum Gasteiger partial charge on any atom is 0.283 e. The van der Waals surface area contributed by atoms with Crippen molar-refractivity contribution in [1.82, 2.24) is 9.78 Å². The minimum Gasteiger partial charge on any atom is -0.377 e. The second-order valence-electron chi connectivity index (χ2n) is 3.17. The molecular weight excluding hydrogens is 284 g/mol. The number of rotatable bonds is 5. The van der Waals surface area contributed by atoms with Gasteiger partial charge in [-0.15, -0.1) is 0 Å². The smallest absolute Gasteiger partial charge is 0.283 e. The van der Waals surface area contributed by atoms with Gasteiger partial charge in [0.15, 0.2) is 0 Å². The molecule has 16 heavy (non-hydrogen) atoms. The van der Waals surface area contributed by atoms with E-state index in [-0.39, 0.29) is 15.7 Å². The number of hydrogen-bond donors (Lipinski definition) is 1. The topological polar surface area (TPSA) is 46.9 Å². The van der Waals surface area contributed by atoms with E-state index in [9.17, 15) is 13.6 Å². The second-order valence-corrected chi connectivity index (χ2v) is 3.97. The minimum atomic E-state index is -2.47. The quantitative estimate of drug-likeness (QED) is 0.905. The average Bonchev–Trinajstić information content (AvgIpc) is 2.24. The molecule has 0 aromatic carbocycles. The van der Waals surface area contributed by atoms with E-state index in [0.29, 0.717) is 6.54 Å². The lowest BCUT2D eigenvalue weighted by Crippen LogP contribution is -2.25. The van der Waals surface area contributed by atoms with E-state index in [1.165, 1.54) is 10.9 Å². The van der Waals surface area contributed by atoms with Crippen molar-refractivity contribution < 1.29 is 8.78 Å². The zero-order valence-corrected chi connectivity index (χ0v) is 10.3. The summed E-state index contributed by atoms with van der Waals surface area (Å²) in [5.74, 6) is 0. The van der Waals surface area contributed by atoms with Crippen molar-refractivity contribution in [3.05, 3.63) is 21.0 Å². The predicted octanol–water partition coefficient (Wildman–Crippen LogP) is 2.09. The summed E-state index contributed by atoms with van der Waals surface area (Å²) in [4.78, 5) is 11.7. The number of nitrogens with one attached hydrogen (secondary N) is 1. The highest BCUT2D eigenvalue weighted by Gasteiger charge is 2.09. The van der Waals surface area contributed by atoms with Gasteiger partial charge in [-0.1, -0.05) is 6.92 Å². The summed E-state index contributed by atoms with van der Waals surface area (Å²) in [5, 5.41) is 6.32. The lowest BCUT2D eigenvalue weighted by Gasteiger charge is -2.09. The van der Waals surface area contributed by atoms with E-state index < -0.39 is 13.0 Å². The SMILES string of the molecule is CCCn1ncc(NCC(F)F)c(Br)c1=O. The molecule has 0 bridgehead atoms. The van der Waals surface area contributed by atoms with Crippen molar-refractivity contribution in [3.8, 4) is 0 Å². The van der Waals surface area contributed by atoms with Crippen LogP contribution >= 0.6 is 15.9 Å². The second kappa shape index (κ2) is 5.93. The van der Waals surface area contributed by atoms with Crippen molar-refractivity contribution in [2.45, 2.75) is 26.3 Å². The number of aryl methyl sites for hydroxylation is 1. The Hall–Kier alpha value is -0.980. The first-order chi connectivity index (χ1) is 7.56. The maximum absolute atomic E-state index is 12.0. The van der Waals surface area contributed by atoms with Crippen molar-refractivity contribution in [2.75, 3.05) is 11.9 Å². The molecule has 1 rings (SSSR count). The standard InChI is InChI=1S/C9H12BrF2N3O/c1-2-3-15-9(16)8(10)6(4-14-15)13-5-7(11)12/h4,7,13H,2-3,5H2,1H3. The van der Waals surface area contributed by atoms with E-state index in [0.717, 1.165) is 6.42 Å². The first-order valence-electron chi connectivity index (χ1n) is 4.84. The van der Waals surface area contributed by atoms with Crippen LogP contribution in [0.1, 0.15) is 13.3 Å². The fraction of sp³-hybridized carbons (Fsp3) is 0.556. The fourth-order valence-corrected chi connectivity index (χ4v) is 1.59. The first-order valence-corrected chi connectivity index (χ1v) is 5.63. The summed E-state index contributed by atoms with van der Waals surface area (Å²) >= 11 is 3.07. The van der Waals surface area contributed by atoms with Gasteiger partial charge in [0.1, 0.15) is 4.47 Å². The first kappa shape index (κ1) is 13.1. The third kappa shape index (κ3) is 3.26. The molecule has 1 aromatic heterocycles. The van der Waals surface area contributed by atoms with Gasteiger partial charge in [-0.2, -0.15) is 5.10 Å². The van der Waals surface area contributed by atoms with Gasteiger partial charge in [0, 0.05) is 6.54 Å². The van der Waals surface area contributed by atoms with Gasteiger partial charge < -0.3 is 5.32 Å². The minimum absolute atomic E-state index is 0.233. The van der Waals surface area contributed by atoms with Crippen LogP contribution in [0.15, 0.2) is 15.5 Å². The fourth-order valence-electron chi connectivity index (χ4n) is 1.15. The largest absolute Gasteiger partial charge is 0.377 e. The van der Waals surface area contributed by atoms with Crippen molar-refractivity contribution in [1.29, 1.82) is 0 Å². The molecule has 1 aromatic rings. The molecule has 0 aliphatic carbocycles. The third-order valence-electron chi connectivity index (χ3n) is 1.87. The average molecular weight is 296 g/mol. The van der Waals surface area contributed by atoms with E-state index in [2.05, 4.69) is 26.3 Å². The van der Waals surface area contributed by atoms with Crippen molar-refractivity contribution in [2.24, 2.45) is 0 Å². The Kier molecular flexibility index (Phi) is 4.85. The van der Waals surface area contributed by atoms with Gasteiger partial charge in [0.05, 0.1) is 18.4 Å². The van der Waals surface area contributed by atoms with E-state index in [4.69, 9.17) is 0 Å². The lowest BCUT2D eigenvalue weighted by molar-refractivity contribution is 0.163. The normalized spacial score (nSPS) is 10.8. The number of halogens is 3. The molecule has 0 atom stereocenters. The molecule has 0 saturated carbocycles. The maximum atomic E-state index is 12.0. The Bertz CT molecular complexity index is 408. The van der Waals surface area contributed by atoms with Crippen LogP contribution < -0.4 is 10.9 Å². The summed E-state index contributed by atoms with van der Waals surface area (Å²) in [7, 11) is 0. The molecule has 0 unspecified atom stereocenters. The summed E-state index contributed by atoms with van der Waals surface area (Å²) in [6.07, 6.45) is -0.322. The number of nitrogens with zero attached hydrogens (tertiary/aromatic N) is 2. The highest BCUT2D eigenvalue weighted by Crippen LogP contribution is 2.16. The number of anilines is 1. The van der Waals surface area contributed by atoms with Crippen LogP contribution in [0, 0.1) is 0 Å². The molecular formula is C9H12BrF2N3O. The van der Waals surface area contributed by atoms with E-state index in [1.54, 1.807) is 0 Å². The van der Waals surface area contributed by atoms with Crippen molar-refractivity contribution in [3.63, 3.8) is 0 Å². The number of aromatic nitrogens is 2. The van der Waals surface area contributed by atoms with Crippen LogP contribution in [-0.2, 0) is 6.54 Å². The van der Waals surface area contributed by atoms with Crippen LogP contribution in [-0.4, -0.2) is 22.8 Å².